The zero-order valence-electron chi connectivity index (χ0n) is 10.5. The van der Waals surface area contributed by atoms with Crippen molar-refractivity contribution in [1.82, 2.24) is 0 Å². The Labute approximate surface area is 120 Å². The lowest BCUT2D eigenvalue weighted by Crippen LogP contribution is -2.24. The van der Waals surface area contributed by atoms with Crippen molar-refractivity contribution in [2.45, 2.75) is 4.90 Å². The van der Waals surface area contributed by atoms with E-state index in [4.69, 9.17) is 5.73 Å². The highest BCUT2D eigenvalue weighted by molar-refractivity contribution is 7.86. The van der Waals surface area contributed by atoms with Gasteiger partial charge in [-0.1, -0.05) is 24.3 Å². The van der Waals surface area contributed by atoms with Gasteiger partial charge in [0, 0.05) is 16.8 Å². The second-order valence-corrected chi connectivity index (χ2v) is 5.97. The predicted octanol–water partition coefficient (Wildman–Crippen LogP) is 1.29. The predicted molar refractivity (Wildman–Crippen MR) is 74.0 cm³/mol. The minimum Gasteiger partial charge on any atom is -0.398 e. The lowest BCUT2D eigenvalue weighted by atomic mass is 9.83. The van der Waals surface area contributed by atoms with E-state index in [2.05, 4.69) is 0 Å². The molecule has 0 heterocycles. The molecule has 0 amide bonds. The summed E-state index contributed by atoms with van der Waals surface area (Å²) >= 11 is 0. The van der Waals surface area contributed by atoms with E-state index in [-0.39, 0.29) is 27.9 Å². The number of fused-ring (bicyclic) bond motifs is 2. The molecule has 0 radical (unpaired) electrons. The highest BCUT2D eigenvalue weighted by Gasteiger charge is 2.35. The molecule has 3 N–H and O–H groups in total. The molecule has 1 aliphatic rings. The van der Waals surface area contributed by atoms with Crippen LogP contribution in [0, 0.1) is 0 Å². The van der Waals surface area contributed by atoms with E-state index in [1.165, 1.54) is 30.3 Å². The van der Waals surface area contributed by atoms with Gasteiger partial charge in [-0.15, -0.1) is 0 Å². The number of anilines is 1. The fourth-order valence-electron chi connectivity index (χ4n) is 2.45. The van der Waals surface area contributed by atoms with Crippen LogP contribution in [-0.2, 0) is 10.1 Å². The quantitative estimate of drug-likeness (QED) is 0.517. The summed E-state index contributed by atoms with van der Waals surface area (Å²) < 4.78 is 32.0. The number of benzene rings is 2. The standard InChI is InChI=1S/C14H9NO5S/c15-9-5-1-3-7-11(9)13(16)8-4-2-6-10(21(18,19)20)12(8)14(7)17/h1-6H,15H2,(H,18,19,20). The number of rotatable bonds is 1. The Bertz CT molecular complexity index is 915. The van der Waals surface area contributed by atoms with E-state index in [1.807, 2.05) is 0 Å². The Balaban J connectivity index is 2.42. The van der Waals surface area contributed by atoms with Crippen LogP contribution in [-0.4, -0.2) is 24.5 Å². The van der Waals surface area contributed by atoms with Gasteiger partial charge in [-0.2, -0.15) is 8.42 Å². The second-order valence-electron chi connectivity index (χ2n) is 4.58. The monoisotopic (exact) mass is 303 g/mol. The van der Waals surface area contributed by atoms with Gasteiger partial charge >= 0.3 is 0 Å². The third kappa shape index (κ3) is 1.86. The lowest BCUT2D eigenvalue weighted by Gasteiger charge is -2.20. The molecule has 3 rings (SSSR count). The molecule has 21 heavy (non-hydrogen) atoms. The smallest absolute Gasteiger partial charge is 0.295 e. The first-order chi connectivity index (χ1) is 9.82. The zero-order valence-corrected chi connectivity index (χ0v) is 11.3. The molecule has 2 aromatic carbocycles. The van der Waals surface area contributed by atoms with E-state index in [9.17, 15) is 22.6 Å². The van der Waals surface area contributed by atoms with E-state index < -0.39 is 26.6 Å². The third-order valence-corrected chi connectivity index (χ3v) is 4.24. The van der Waals surface area contributed by atoms with Crippen LogP contribution in [0.1, 0.15) is 31.8 Å². The topological polar surface area (TPSA) is 115 Å². The minimum absolute atomic E-state index is 0.0311. The molecule has 0 unspecified atom stereocenters. The van der Waals surface area contributed by atoms with Gasteiger partial charge in [0.05, 0.1) is 11.1 Å². The second kappa shape index (κ2) is 4.24. The largest absolute Gasteiger partial charge is 0.398 e. The molecular formula is C14H9NO5S. The molecule has 7 heteroatoms. The van der Waals surface area contributed by atoms with Crippen molar-refractivity contribution >= 4 is 27.4 Å². The fourth-order valence-corrected chi connectivity index (χ4v) is 3.16. The van der Waals surface area contributed by atoms with Crippen LogP contribution >= 0.6 is 0 Å². The summed E-state index contributed by atoms with van der Waals surface area (Å²) in [5, 5.41) is 0. The Hall–Kier alpha value is -2.51. The molecule has 0 atom stereocenters. The highest BCUT2D eigenvalue weighted by Crippen LogP contribution is 2.33. The Morgan fingerprint density at radius 2 is 1.38 bits per heavy atom. The molecule has 0 spiro atoms. The molecule has 0 saturated heterocycles. The Morgan fingerprint density at radius 1 is 0.857 bits per heavy atom. The SMILES string of the molecule is Nc1cccc2c1C(=O)c1cccc(S(=O)(=O)O)c1C2=O. The molecule has 0 saturated carbocycles. The molecule has 0 fully saturated rings. The van der Waals surface area contributed by atoms with Crippen molar-refractivity contribution in [3.63, 3.8) is 0 Å². The van der Waals surface area contributed by atoms with E-state index in [1.54, 1.807) is 0 Å². The summed E-state index contributed by atoms with van der Waals surface area (Å²) in [6, 6.07) is 8.09. The van der Waals surface area contributed by atoms with Crippen molar-refractivity contribution in [2.24, 2.45) is 0 Å². The first-order valence-corrected chi connectivity index (χ1v) is 7.35. The third-order valence-electron chi connectivity index (χ3n) is 3.34. The van der Waals surface area contributed by atoms with Gasteiger partial charge in [0.1, 0.15) is 4.90 Å². The van der Waals surface area contributed by atoms with Crippen LogP contribution in [0.2, 0.25) is 0 Å². The van der Waals surface area contributed by atoms with Gasteiger partial charge in [-0.05, 0) is 12.1 Å². The van der Waals surface area contributed by atoms with Gasteiger partial charge in [-0.25, -0.2) is 0 Å². The van der Waals surface area contributed by atoms with Crippen molar-refractivity contribution in [2.75, 3.05) is 5.73 Å². The summed E-state index contributed by atoms with van der Waals surface area (Å²) in [5.41, 5.74) is 5.57. The van der Waals surface area contributed by atoms with Crippen LogP contribution < -0.4 is 5.73 Å². The number of hydrogen-bond acceptors (Lipinski definition) is 5. The lowest BCUT2D eigenvalue weighted by molar-refractivity contribution is 0.0977. The Morgan fingerprint density at radius 3 is 2.00 bits per heavy atom. The maximum absolute atomic E-state index is 12.5. The van der Waals surface area contributed by atoms with Gasteiger partial charge in [0.2, 0.25) is 0 Å². The minimum atomic E-state index is -4.62. The summed E-state index contributed by atoms with van der Waals surface area (Å²) in [4.78, 5) is 24.4. The number of nitrogen functional groups attached to an aromatic ring is 1. The molecule has 1 aliphatic carbocycles. The van der Waals surface area contributed by atoms with Gasteiger partial charge in [0.25, 0.3) is 10.1 Å². The van der Waals surface area contributed by atoms with Crippen LogP contribution in [0.5, 0.6) is 0 Å². The molecule has 0 aliphatic heterocycles. The first kappa shape index (κ1) is 13.5. The maximum atomic E-state index is 12.5. The average molecular weight is 303 g/mol. The van der Waals surface area contributed by atoms with Crippen molar-refractivity contribution in [3.05, 3.63) is 58.7 Å². The summed E-state index contributed by atoms with van der Waals surface area (Å²) in [5.74, 6) is -1.19. The number of nitrogens with two attached hydrogens (primary N) is 1. The van der Waals surface area contributed by atoms with E-state index in [0.717, 1.165) is 6.07 Å². The summed E-state index contributed by atoms with van der Waals surface area (Å²) in [6.07, 6.45) is 0. The van der Waals surface area contributed by atoms with Crippen molar-refractivity contribution in [3.8, 4) is 0 Å². The van der Waals surface area contributed by atoms with Crippen LogP contribution in [0.15, 0.2) is 41.3 Å². The molecule has 0 aromatic heterocycles. The Kier molecular flexibility index (Phi) is 2.72. The first-order valence-electron chi connectivity index (χ1n) is 5.90. The average Bonchev–Trinajstić information content (AvgIpc) is 2.43. The summed E-state index contributed by atoms with van der Waals surface area (Å²) in [6.45, 7) is 0. The zero-order chi connectivity index (χ0) is 15.4. The van der Waals surface area contributed by atoms with Crippen LogP contribution in [0.3, 0.4) is 0 Å². The van der Waals surface area contributed by atoms with Crippen LogP contribution in [0.4, 0.5) is 5.69 Å². The normalized spacial score (nSPS) is 13.8. The molecule has 0 bridgehead atoms. The number of carbonyl (C=O) groups is 2. The number of hydrogen-bond donors (Lipinski definition) is 2. The molecular weight excluding hydrogens is 294 g/mol. The van der Waals surface area contributed by atoms with Gasteiger partial charge in [0.15, 0.2) is 11.6 Å². The summed E-state index contributed by atoms with van der Waals surface area (Å²) in [7, 11) is -4.62. The van der Waals surface area contributed by atoms with Gasteiger partial charge in [-0.3, -0.25) is 14.1 Å². The number of ketones is 2. The van der Waals surface area contributed by atoms with E-state index >= 15 is 0 Å². The molecule has 2 aromatic rings. The molecule has 106 valence electrons. The molecule has 6 nitrogen and oxygen atoms in total. The maximum Gasteiger partial charge on any atom is 0.295 e. The van der Waals surface area contributed by atoms with E-state index in [0.29, 0.717) is 0 Å². The van der Waals surface area contributed by atoms with Gasteiger partial charge < -0.3 is 5.73 Å². The number of carbonyl (C=O) groups excluding carboxylic acids is 2. The van der Waals surface area contributed by atoms with Crippen molar-refractivity contribution < 1.29 is 22.6 Å². The van der Waals surface area contributed by atoms with Crippen LogP contribution in [0.25, 0.3) is 0 Å². The highest BCUT2D eigenvalue weighted by atomic mass is 32.2. The fraction of sp³-hybridized carbons (Fsp3) is 0. The van der Waals surface area contributed by atoms with Crippen molar-refractivity contribution in [1.29, 1.82) is 0 Å².